The van der Waals surface area contributed by atoms with Gasteiger partial charge in [-0.25, -0.2) is 0 Å². The maximum Gasteiger partial charge on any atom is 0.191 e. The highest BCUT2D eigenvalue weighted by Gasteiger charge is 2.24. The van der Waals surface area contributed by atoms with Gasteiger partial charge in [0.2, 0.25) is 0 Å². The van der Waals surface area contributed by atoms with E-state index in [-0.39, 0.29) is 6.04 Å². The van der Waals surface area contributed by atoms with Gasteiger partial charge in [-0.2, -0.15) is 0 Å². The van der Waals surface area contributed by atoms with E-state index in [2.05, 4.69) is 26.6 Å². The molecule has 1 aliphatic heterocycles. The fourth-order valence-corrected chi connectivity index (χ4v) is 3.31. The van der Waals surface area contributed by atoms with Crippen molar-refractivity contribution in [2.75, 3.05) is 60.2 Å². The summed E-state index contributed by atoms with van der Waals surface area (Å²) in [6.07, 6.45) is 7.67. The number of hydrogen-bond acceptors (Lipinski definition) is 5. The molecule has 1 fully saturated rings. The summed E-state index contributed by atoms with van der Waals surface area (Å²) in [5.74, 6) is 1.86. The minimum Gasteiger partial charge on any atom is -0.468 e. The van der Waals surface area contributed by atoms with Gasteiger partial charge >= 0.3 is 0 Å². The van der Waals surface area contributed by atoms with Crippen LogP contribution in [-0.4, -0.2) is 71.0 Å². The molecule has 7 nitrogen and oxygen atoms in total. The van der Waals surface area contributed by atoms with Crippen LogP contribution >= 0.6 is 0 Å². The molecule has 1 aromatic rings. The van der Waals surface area contributed by atoms with E-state index in [1.165, 1.54) is 19.3 Å². The van der Waals surface area contributed by atoms with Crippen molar-refractivity contribution < 1.29 is 13.9 Å². The summed E-state index contributed by atoms with van der Waals surface area (Å²) in [6, 6.07) is 4.28. The molecule has 1 saturated heterocycles. The Labute approximate surface area is 163 Å². The zero-order valence-corrected chi connectivity index (χ0v) is 16.9. The summed E-state index contributed by atoms with van der Waals surface area (Å²) in [7, 11) is 3.50. The predicted octanol–water partition coefficient (Wildman–Crippen LogP) is 2.41. The zero-order valence-electron chi connectivity index (χ0n) is 16.9. The Bertz CT molecular complexity index is 501. The topological polar surface area (TPSA) is 71.3 Å². The number of aliphatic imine (C=N–C) groups is 1. The fraction of sp³-hybridized carbons (Fsp3) is 0.750. The van der Waals surface area contributed by atoms with Crippen molar-refractivity contribution in [3.63, 3.8) is 0 Å². The summed E-state index contributed by atoms with van der Waals surface area (Å²) >= 11 is 0. The number of hydrogen-bond donors (Lipinski definition) is 2. The van der Waals surface area contributed by atoms with E-state index in [1.54, 1.807) is 13.4 Å². The molecule has 0 aliphatic carbocycles. The van der Waals surface area contributed by atoms with E-state index in [1.807, 2.05) is 13.1 Å². The van der Waals surface area contributed by atoms with E-state index in [0.717, 1.165) is 57.3 Å². The van der Waals surface area contributed by atoms with Gasteiger partial charge in [0.1, 0.15) is 5.76 Å². The fourth-order valence-electron chi connectivity index (χ4n) is 3.31. The number of rotatable bonds is 12. The van der Waals surface area contributed by atoms with Crippen LogP contribution in [0.2, 0.25) is 0 Å². The molecule has 1 aliphatic rings. The van der Waals surface area contributed by atoms with Crippen LogP contribution in [-0.2, 0) is 9.47 Å². The Hall–Kier alpha value is -1.57. The second kappa shape index (κ2) is 13.6. The smallest absolute Gasteiger partial charge is 0.191 e. The molecule has 2 heterocycles. The molecule has 27 heavy (non-hydrogen) atoms. The molecular weight excluding hydrogens is 344 g/mol. The van der Waals surface area contributed by atoms with Crippen LogP contribution in [0.3, 0.4) is 0 Å². The average molecular weight is 381 g/mol. The standard InChI is InChI=1S/C20H36N4O3/c1-21-20(22-10-4-7-13-26-16-15-25-2)23-17-18(19-9-8-14-27-19)24-11-5-3-6-12-24/h8-9,14,18H,3-7,10-13,15-17H2,1-2H3,(H2,21,22,23). The van der Waals surface area contributed by atoms with E-state index >= 15 is 0 Å². The minimum absolute atomic E-state index is 0.244. The first kappa shape index (κ1) is 21.7. The molecule has 0 amide bonds. The Morgan fingerprint density at radius 2 is 2.04 bits per heavy atom. The van der Waals surface area contributed by atoms with Crippen molar-refractivity contribution in [1.82, 2.24) is 15.5 Å². The van der Waals surface area contributed by atoms with Crippen LogP contribution in [0.4, 0.5) is 0 Å². The summed E-state index contributed by atoms with van der Waals surface area (Å²) in [5.41, 5.74) is 0. The lowest BCUT2D eigenvalue weighted by Crippen LogP contribution is -2.44. The second-order valence-electron chi connectivity index (χ2n) is 6.82. The second-order valence-corrected chi connectivity index (χ2v) is 6.82. The van der Waals surface area contributed by atoms with E-state index in [0.29, 0.717) is 13.2 Å². The third-order valence-electron chi connectivity index (χ3n) is 4.83. The third kappa shape index (κ3) is 8.32. The highest BCUT2D eigenvalue weighted by atomic mass is 16.5. The van der Waals surface area contributed by atoms with Crippen molar-refractivity contribution in [3.8, 4) is 0 Å². The lowest BCUT2D eigenvalue weighted by Gasteiger charge is -2.33. The Morgan fingerprint density at radius 1 is 1.19 bits per heavy atom. The number of nitrogens with one attached hydrogen (secondary N) is 2. The van der Waals surface area contributed by atoms with Crippen molar-refractivity contribution in [2.24, 2.45) is 4.99 Å². The Balaban J connectivity index is 1.69. The van der Waals surface area contributed by atoms with Crippen LogP contribution in [0.1, 0.15) is 43.9 Å². The van der Waals surface area contributed by atoms with Gasteiger partial charge in [0.25, 0.3) is 0 Å². The molecule has 1 unspecified atom stereocenters. The SMILES string of the molecule is CN=C(NCCCCOCCOC)NCC(c1ccco1)N1CCCCC1. The van der Waals surface area contributed by atoms with Crippen molar-refractivity contribution in [3.05, 3.63) is 24.2 Å². The summed E-state index contributed by atoms with van der Waals surface area (Å²) < 4.78 is 16.1. The maximum atomic E-state index is 5.70. The molecule has 0 aromatic carbocycles. The quantitative estimate of drug-likeness (QED) is 0.330. The van der Waals surface area contributed by atoms with Gasteiger partial charge in [0, 0.05) is 33.9 Å². The molecule has 2 N–H and O–H groups in total. The lowest BCUT2D eigenvalue weighted by atomic mass is 10.1. The molecule has 0 radical (unpaired) electrons. The maximum absolute atomic E-state index is 5.70. The number of unbranched alkanes of at least 4 members (excludes halogenated alkanes) is 1. The average Bonchev–Trinajstić information content (AvgIpc) is 3.24. The summed E-state index contributed by atoms with van der Waals surface area (Å²) in [6.45, 7) is 6.01. The number of ether oxygens (including phenoxy) is 2. The molecule has 7 heteroatoms. The van der Waals surface area contributed by atoms with Crippen LogP contribution in [0.15, 0.2) is 27.8 Å². The number of nitrogens with zero attached hydrogens (tertiary/aromatic N) is 2. The van der Waals surface area contributed by atoms with Crippen LogP contribution in [0.5, 0.6) is 0 Å². The minimum atomic E-state index is 0.244. The zero-order chi connectivity index (χ0) is 19.2. The molecule has 2 rings (SSSR count). The first-order valence-electron chi connectivity index (χ1n) is 10.1. The van der Waals surface area contributed by atoms with Gasteiger partial charge in [-0.3, -0.25) is 9.89 Å². The Kier molecular flexibility index (Phi) is 10.9. The van der Waals surface area contributed by atoms with Crippen molar-refractivity contribution in [1.29, 1.82) is 0 Å². The highest BCUT2D eigenvalue weighted by Crippen LogP contribution is 2.24. The first-order chi connectivity index (χ1) is 13.3. The normalized spacial score (nSPS) is 17.0. The largest absolute Gasteiger partial charge is 0.468 e. The van der Waals surface area contributed by atoms with Gasteiger partial charge in [-0.05, 0) is 50.9 Å². The van der Waals surface area contributed by atoms with Gasteiger partial charge < -0.3 is 24.5 Å². The van der Waals surface area contributed by atoms with Crippen LogP contribution in [0.25, 0.3) is 0 Å². The van der Waals surface area contributed by atoms with Gasteiger partial charge in [-0.15, -0.1) is 0 Å². The number of guanidine groups is 1. The van der Waals surface area contributed by atoms with Gasteiger partial charge in [0.05, 0.1) is 25.5 Å². The summed E-state index contributed by atoms with van der Waals surface area (Å²) in [5, 5.41) is 6.85. The highest BCUT2D eigenvalue weighted by molar-refractivity contribution is 5.79. The number of piperidine rings is 1. The first-order valence-corrected chi connectivity index (χ1v) is 10.1. The molecule has 0 bridgehead atoms. The van der Waals surface area contributed by atoms with Gasteiger partial charge in [-0.1, -0.05) is 6.42 Å². The van der Waals surface area contributed by atoms with Crippen molar-refractivity contribution in [2.45, 2.75) is 38.1 Å². The van der Waals surface area contributed by atoms with Crippen LogP contribution in [0, 0.1) is 0 Å². The third-order valence-corrected chi connectivity index (χ3v) is 4.83. The van der Waals surface area contributed by atoms with E-state index in [4.69, 9.17) is 13.9 Å². The number of likely N-dealkylation sites (tertiary alicyclic amines) is 1. The van der Waals surface area contributed by atoms with E-state index < -0.39 is 0 Å². The van der Waals surface area contributed by atoms with Crippen molar-refractivity contribution >= 4 is 5.96 Å². The number of furan rings is 1. The molecule has 0 saturated carbocycles. The van der Waals surface area contributed by atoms with Gasteiger partial charge in [0.15, 0.2) is 5.96 Å². The summed E-state index contributed by atoms with van der Waals surface area (Å²) in [4.78, 5) is 6.86. The van der Waals surface area contributed by atoms with Crippen LogP contribution < -0.4 is 10.6 Å². The predicted molar refractivity (Wildman–Crippen MR) is 108 cm³/mol. The molecule has 1 atom stereocenters. The van der Waals surface area contributed by atoms with E-state index in [9.17, 15) is 0 Å². The lowest BCUT2D eigenvalue weighted by molar-refractivity contribution is 0.0689. The molecular formula is C20H36N4O3. The Morgan fingerprint density at radius 3 is 2.74 bits per heavy atom. The number of methoxy groups -OCH3 is 1. The molecule has 154 valence electrons. The molecule has 0 spiro atoms. The monoisotopic (exact) mass is 380 g/mol. The molecule has 1 aromatic heterocycles.